The SMILES string of the molecule is O=C1CCCN1CCCNCc1c[nH]c2ncccc12. The molecule has 0 unspecified atom stereocenters. The van der Waals surface area contributed by atoms with Crippen molar-refractivity contribution in [3.8, 4) is 0 Å². The van der Waals surface area contributed by atoms with Crippen LogP contribution in [0.25, 0.3) is 11.0 Å². The van der Waals surface area contributed by atoms with Crippen molar-refractivity contribution < 1.29 is 4.79 Å². The molecule has 0 aliphatic carbocycles. The molecule has 0 bridgehead atoms. The van der Waals surface area contributed by atoms with Crippen molar-refractivity contribution in [3.05, 3.63) is 30.1 Å². The Morgan fingerprint density at radius 1 is 1.45 bits per heavy atom. The molecule has 2 aromatic rings. The molecule has 2 aromatic heterocycles. The van der Waals surface area contributed by atoms with Gasteiger partial charge in [-0.25, -0.2) is 4.98 Å². The number of nitrogens with zero attached hydrogens (tertiary/aromatic N) is 2. The molecule has 0 atom stereocenters. The van der Waals surface area contributed by atoms with E-state index in [0.717, 1.165) is 51.1 Å². The van der Waals surface area contributed by atoms with Crippen molar-refractivity contribution in [2.45, 2.75) is 25.8 Å². The van der Waals surface area contributed by atoms with Gasteiger partial charge in [-0.3, -0.25) is 4.79 Å². The fourth-order valence-corrected chi connectivity index (χ4v) is 2.72. The zero-order chi connectivity index (χ0) is 13.8. The topological polar surface area (TPSA) is 61.0 Å². The molecule has 0 aromatic carbocycles. The van der Waals surface area contributed by atoms with Crippen LogP contribution < -0.4 is 5.32 Å². The molecule has 2 N–H and O–H groups in total. The predicted octanol–water partition coefficient (Wildman–Crippen LogP) is 1.66. The Labute approximate surface area is 118 Å². The van der Waals surface area contributed by atoms with Gasteiger partial charge in [0.05, 0.1) is 0 Å². The molecule has 1 aliphatic rings. The van der Waals surface area contributed by atoms with Crippen molar-refractivity contribution in [1.82, 2.24) is 20.2 Å². The molecule has 5 heteroatoms. The van der Waals surface area contributed by atoms with E-state index in [-0.39, 0.29) is 0 Å². The number of fused-ring (bicyclic) bond motifs is 1. The maximum Gasteiger partial charge on any atom is 0.222 e. The van der Waals surface area contributed by atoms with E-state index in [1.54, 1.807) is 6.20 Å². The quantitative estimate of drug-likeness (QED) is 0.786. The third-order valence-electron chi connectivity index (χ3n) is 3.81. The summed E-state index contributed by atoms with van der Waals surface area (Å²) in [4.78, 5) is 20.9. The largest absolute Gasteiger partial charge is 0.346 e. The summed E-state index contributed by atoms with van der Waals surface area (Å²) in [5.41, 5.74) is 2.18. The van der Waals surface area contributed by atoms with Gasteiger partial charge in [-0.05, 0) is 37.1 Å². The van der Waals surface area contributed by atoms with Crippen molar-refractivity contribution in [2.24, 2.45) is 0 Å². The van der Waals surface area contributed by atoms with Gasteiger partial charge in [0.15, 0.2) is 0 Å². The number of pyridine rings is 1. The fourth-order valence-electron chi connectivity index (χ4n) is 2.72. The minimum atomic E-state index is 0.313. The fraction of sp³-hybridized carbons (Fsp3) is 0.467. The molecule has 0 saturated carbocycles. The third kappa shape index (κ3) is 2.82. The van der Waals surface area contributed by atoms with Crippen LogP contribution in [-0.4, -0.2) is 40.4 Å². The molecular weight excluding hydrogens is 252 g/mol. The first-order valence-corrected chi connectivity index (χ1v) is 7.24. The molecule has 3 rings (SSSR count). The van der Waals surface area contributed by atoms with E-state index in [0.29, 0.717) is 5.91 Å². The number of hydrogen-bond acceptors (Lipinski definition) is 3. The van der Waals surface area contributed by atoms with Crippen LogP contribution in [0, 0.1) is 0 Å². The molecule has 3 heterocycles. The number of aromatic amines is 1. The van der Waals surface area contributed by atoms with E-state index in [1.165, 1.54) is 10.9 Å². The first-order valence-electron chi connectivity index (χ1n) is 7.24. The molecule has 1 fully saturated rings. The van der Waals surface area contributed by atoms with E-state index in [9.17, 15) is 4.79 Å². The highest BCUT2D eigenvalue weighted by molar-refractivity contribution is 5.79. The summed E-state index contributed by atoms with van der Waals surface area (Å²) in [5.74, 6) is 0.313. The zero-order valence-electron chi connectivity index (χ0n) is 11.6. The normalized spacial score (nSPS) is 15.4. The van der Waals surface area contributed by atoms with Crippen LogP contribution in [0.2, 0.25) is 0 Å². The number of hydrogen-bond donors (Lipinski definition) is 2. The van der Waals surface area contributed by atoms with Crippen LogP contribution in [-0.2, 0) is 11.3 Å². The van der Waals surface area contributed by atoms with Crippen LogP contribution in [0.15, 0.2) is 24.5 Å². The second-order valence-corrected chi connectivity index (χ2v) is 5.23. The van der Waals surface area contributed by atoms with Crippen LogP contribution in [0.3, 0.4) is 0 Å². The highest BCUT2D eigenvalue weighted by atomic mass is 16.2. The lowest BCUT2D eigenvalue weighted by molar-refractivity contribution is -0.127. The maximum absolute atomic E-state index is 11.5. The van der Waals surface area contributed by atoms with Crippen LogP contribution >= 0.6 is 0 Å². The van der Waals surface area contributed by atoms with Gasteiger partial charge in [-0.1, -0.05) is 0 Å². The summed E-state index contributed by atoms with van der Waals surface area (Å²) < 4.78 is 0. The first kappa shape index (κ1) is 13.1. The van der Waals surface area contributed by atoms with Crippen LogP contribution in [0.5, 0.6) is 0 Å². The highest BCUT2D eigenvalue weighted by Crippen LogP contribution is 2.15. The van der Waals surface area contributed by atoms with Gasteiger partial charge in [0.2, 0.25) is 5.91 Å². The van der Waals surface area contributed by atoms with Gasteiger partial charge in [0, 0.05) is 43.8 Å². The van der Waals surface area contributed by atoms with E-state index in [2.05, 4.69) is 21.4 Å². The lowest BCUT2D eigenvalue weighted by atomic mass is 10.2. The van der Waals surface area contributed by atoms with Gasteiger partial charge < -0.3 is 15.2 Å². The number of aromatic nitrogens is 2. The van der Waals surface area contributed by atoms with E-state index >= 15 is 0 Å². The number of rotatable bonds is 6. The van der Waals surface area contributed by atoms with E-state index < -0.39 is 0 Å². The Kier molecular flexibility index (Phi) is 3.97. The van der Waals surface area contributed by atoms with E-state index in [1.807, 2.05) is 17.2 Å². The molecule has 1 aliphatic heterocycles. The van der Waals surface area contributed by atoms with Crippen molar-refractivity contribution in [3.63, 3.8) is 0 Å². The minimum absolute atomic E-state index is 0.313. The smallest absolute Gasteiger partial charge is 0.222 e. The summed E-state index contributed by atoms with van der Waals surface area (Å²) in [7, 11) is 0. The van der Waals surface area contributed by atoms with Crippen molar-refractivity contribution >= 4 is 16.9 Å². The second kappa shape index (κ2) is 6.05. The van der Waals surface area contributed by atoms with Crippen LogP contribution in [0.4, 0.5) is 0 Å². The summed E-state index contributed by atoms with van der Waals surface area (Å²) >= 11 is 0. The van der Waals surface area contributed by atoms with Crippen molar-refractivity contribution in [2.75, 3.05) is 19.6 Å². The number of carbonyl (C=O) groups is 1. The first-order chi connectivity index (χ1) is 9.84. The maximum atomic E-state index is 11.5. The number of amides is 1. The molecular formula is C15H20N4O. The van der Waals surface area contributed by atoms with E-state index in [4.69, 9.17) is 0 Å². The number of H-pyrrole nitrogens is 1. The molecule has 0 radical (unpaired) electrons. The Bertz CT molecular complexity index is 592. The Balaban J connectivity index is 1.42. The monoisotopic (exact) mass is 272 g/mol. The van der Waals surface area contributed by atoms with Gasteiger partial charge in [-0.15, -0.1) is 0 Å². The lowest BCUT2D eigenvalue weighted by Gasteiger charge is -2.15. The third-order valence-corrected chi connectivity index (χ3v) is 3.81. The molecule has 5 nitrogen and oxygen atoms in total. The molecule has 20 heavy (non-hydrogen) atoms. The zero-order valence-corrected chi connectivity index (χ0v) is 11.6. The molecule has 106 valence electrons. The standard InChI is InChI=1S/C15H20N4O/c20-14-5-2-8-19(14)9-3-6-16-10-12-11-18-15-13(12)4-1-7-17-15/h1,4,7,11,16H,2-3,5-6,8-10H2,(H,17,18). The van der Waals surface area contributed by atoms with Gasteiger partial charge in [-0.2, -0.15) is 0 Å². The van der Waals surface area contributed by atoms with Gasteiger partial charge in [0.1, 0.15) is 5.65 Å². The average molecular weight is 272 g/mol. The highest BCUT2D eigenvalue weighted by Gasteiger charge is 2.18. The van der Waals surface area contributed by atoms with Gasteiger partial charge in [0.25, 0.3) is 0 Å². The summed E-state index contributed by atoms with van der Waals surface area (Å²) in [6, 6.07) is 4.04. The lowest BCUT2D eigenvalue weighted by Crippen LogP contribution is -2.28. The second-order valence-electron chi connectivity index (χ2n) is 5.23. The predicted molar refractivity (Wildman–Crippen MR) is 78.2 cm³/mol. The Morgan fingerprint density at radius 3 is 3.25 bits per heavy atom. The molecule has 0 spiro atoms. The number of likely N-dealkylation sites (tertiary alicyclic amines) is 1. The Hall–Kier alpha value is -1.88. The molecule has 1 amide bonds. The number of carbonyl (C=O) groups excluding carboxylic acids is 1. The summed E-state index contributed by atoms with van der Waals surface area (Å²) in [6.07, 6.45) is 6.56. The summed E-state index contributed by atoms with van der Waals surface area (Å²) in [6.45, 7) is 3.57. The number of nitrogens with one attached hydrogen (secondary N) is 2. The summed E-state index contributed by atoms with van der Waals surface area (Å²) in [5, 5.41) is 4.61. The van der Waals surface area contributed by atoms with Crippen LogP contribution in [0.1, 0.15) is 24.8 Å². The minimum Gasteiger partial charge on any atom is -0.346 e. The molecule has 1 saturated heterocycles. The van der Waals surface area contributed by atoms with Gasteiger partial charge >= 0.3 is 0 Å². The van der Waals surface area contributed by atoms with Crippen molar-refractivity contribution in [1.29, 1.82) is 0 Å². The Morgan fingerprint density at radius 2 is 2.40 bits per heavy atom. The average Bonchev–Trinajstić information content (AvgIpc) is 3.06.